The lowest BCUT2D eigenvalue weighted by Crippen LogP contribution is -2.14. The van der Waals surface area contributed by atoms with Crippen LogP contribution in [0.5, 0.6) is 0 Å². The molecule has 126 valence electrons. The number of carbonyl (C=O) groups is 1. The number of aromatic nitrogens is 2. The second-order valence-corrected chi connectivity index (χ2v) is 6.00. The zero-order valence-corrected chi connectivity index (χ0v) is 14.6. The highest BCUT2D eigenvalue weighted by atomic mass is 35.5. The summed E-state index contributed by atoms with van der Waals surface area (Å²) in [4.78, 5) is 20.6. The summed E-state index contributed by atoms with van der Waals surface area (Å²) in [5.41, 5.74) is 4.04. The van der Waals surface area contributed by atoms with E-state index in [2.05, 4.69) is 20.6 Å². The fourth-order valence-corrected chi connectivity index (χ4v) is 2.51. The number of halogens is 1. The molecule has 0 bridgehead atoms. The fraction of sp³-hybridized carbons (Fsp3) is 0.105. The number of hydrogen-bond donors (Lipinski definition) is 2. The minimum Gasteiger partial charge on any atom is -0.340 e. The number of aryl methyl sites for hydroxylation is 1. The summed E-state index contributed by atoms with van der Waals surface area (Å²) in [6.07, 6.45) is 1.36. The molecule has 5 nitrogen and oxygen atoms in total. The van der Waals surface area contributed by atoms with Gasteiger partial charge in [-0.25, -0.2) is 9.97 Å². The highest BCUT2D eigenvalue weighted by molar-refractivity contribution is 6.33. The van der Waals surface area contributed by atoms with E-state index >= 15 is 0 Å². The fourth-order valence-electron chi connectivity index (χ4n) is 2.32. The van der Waals surface area contributed by atoms with Crippen LogP contribution in [0.25, 0.3) is 0 Å². The number of benzene rings is 2. The van der Waals surface area contributed by atoms with E-state index < -0.39 is 0 Å². The number of rotatable bonds is 4. The standard InChI is InChI=1S/C19H17ClN4O/c1-12-6-5-9-15(13(12)2)23-18-10-17(21-11-22-18)19(25)24-16-8-4-3-7-14(16)20/h3-11H,1-2H3,(H,24,25)(H,21,22,23). The Labute approximate surface area is 151 Å². The monoisotopic (exact) mass is 352 g/mol. The van der Waals surface area contributed by atoms with Gasteiger partial charge in [-0.3, -0.25) is 4.79 Å². The van der Waals surface area contributed by atoms with Crippen LogP contribution in [0.3, 0.4) is 0 Å². The Bertz CT molecular complexity index is 927. The van der Waals surface area contributed by atoms with Crippen LogP contribution in [-0.2, 0) is 0 Å². The molecule has 3 aromatic rings. The van der Waals surface area contributed by atoms with Crippen LogP contribution in [0.4, 0.5) is 17.2 Å². The molecular weight excluding hydrogens is 336 g/mol. The molecule has 0 aliphatic carbocycles. The van der Waals surface area contributed by atoms with Gasteiger partial charge in [-0.05, 0) is 43.2 Å². The molecule has 0 atom stereocenters. The smallest absolute Gasteiger partial charge is 0.274 e. The number of nitrogens with zero attached hydrogens (tertiary/aromatic N) is 2. The van der Waals surface area contributed by atoms with Gasteiger partial charge in [0.15, 0.2) is 0 Å². The molecule has 6 heteroatoms. The average Bonchev–Trinajstić information content (AvgIpc) is 2.61. The molecule has 0 unspecified atom stereocenters. The number of hydrogen-bond acceptors (Lipinski definition) is 4. The number of anilines is 3. The predicted octanol–water partition coefficient (Wildman–Crippen LogP) is 4.74. The maximum absolute atomic E-state index is 12.4. The van der Waals surface area contributed by atoms with Crippen LogP contribution in [-0.4, -0.2) is 15.9 Å². The van der Waals surface area contributed by atoms with Gasteiger partial charge >= 0.3 is 0 Å². The van der Waals surface area contributed by atoms with Crippen molar-refractivity contribution >= 4 is 34.7 Å². The first-order chi connectivity index (χ1) is 12.0. The van der Waals surface area contributed by atoms with Crippen molar-refractivity contribution in [2.45, 2.75) is 13.8 Å². The van der Waals surface area contributed by atoms with Gasteiger partial charge in [-0.2, -0.15) is 0 Å². The predicted molar refractivity (Wildman–Crippen MR) is 101 cm³/mol. The first-order valence-corrected chi connectivity index (χ1v) is 8.13. The van der Waals surface area contributed by atoms with Gasteiger partial charge < -0.3 is 10.6 Å². The molecule has 0 radical (unpaired) electrons. The van der Waals surface area contributed by atoms with E-state index in [4.69, 9.17) is 11.6 Å². The van der Waals surface area contributed by atoms with E-state index in [0.717, 1.165) is 11.3 Å². The summed E-state index contributed by atoms with van der Waals surface area (Å²) in [5.74, 6) is 0.201. The van der Waals surface area contributed by atoms with Crippen molar-refractivity contribution < 1.29 is 4.79 Å². The van der Waals surface area contributed by atoms with Gasteiger partial charge in [0.1, 0.15) is 17.8 Å². The third-order valence-electron chi connectivity index (χ3n) is 3.89. The molecule has 25 heavy (non-hydrogen) atoms. The molecule has 2 aromatic carbocycles. The van der Waals surface area contributed by atoms with Gasteiger partial charge in [0.2, 0.25) is 0 Å². The number of carbonyl (C=O) groups excluding carboxylic acids is 1. The lowest BCUT2D eigenvalue weighted by atomic mass is 10.1. The molecule has 0 aliphatic rings. The van der Waals surface area contributed by atoms with E-state index in [9.17, 15) is 4.79 Å². The molecule has 1 heterocycles. The maximum atomic E-state index is 12.4. The zero-order valence-electron chi connectivity index (χ0n) is 13.9. The molecule has 0 saturated heterocycles. The topological polar surface area (TPSA) is 66.9 Å². The van der Waals surface area contributed by atoms with Crippen LogP contribution in [0.1, 0.15) is 21.6 Å². The van der Waals surface area contributed by atoms with Gasteiger partial charge in [0, 0.05) is 11.8 Å². The summed E-state index contributed by atoms with van der Waals surface area (Å²) >= 11 is 6.07. The molecule has 0 aliphatic heterocycles. The molecular formula is C19H17ClN4O. The third kappa shape index (κ3) is 3.95. The Balaban J connectivity index is 1.80. The Hall–Kier alpha value is -2.92. The molecule has 1 amide bonds. The number of amides is 1. The minimum absolute atomic E-state index is 0.253. The molecule has 1 aromatic heterocycles. The highest BCUT2D eigenvalue weighted by Crippen LogP contribution is 2.23. The Morgan fingerprint density at radius 1 is 1.00 bits per heavy atom. The highest BCUT2D eigenvalue weighted by Gasteiger charge is 2.11. The van der Waals surface area contributed by atoms with Gasteiger partial charge in [0.05, 0.1) is 10.7 Å². The van der Waals surface area contributed by atoms with Crippen LogP contribution in [0.2, 0.25) is 5.02 Å². The van der Waals surface area contributed by atoms with Crippen molar-refractivity contribution in [3.8, 4) is 0 Å². The number of nitrogens with one attached hydrogen (secondary N) is 2. The summed E-state index contributed by atoms with van der Waals surface area (Å²) in [6.45, 7) is 4.08. The summed E-state index contributed by atoms with van der Waals surface area (Å²) < 4.78 is 0. The van der Waals surface area contributed by atoms with Crippen LogP contribution in [0, 0.1) is 13.8 Å². The summed E-state index contributed by atoms with van der Waals surface area (Å²) in [5, 5.41) is 6.45. The number of para-hydroxylation sites is 1. The van der Waals surface area contributed by atoms with Crippen LogP contribution in [0.15, 0.2) is 54.9 Å². The minimum atomic E-state index is -0.348. The van der Waals surface area contributed by atoms with E-state index in [1.807, 2.05) is 32.0 Å². The maximum Gasteiger partial charge on any atom is 0.274 e. The largest absolute Gasteiger partial charge is 0.340 e. The van der Waals surface area contributed by atoms with E-state index in [1.165, 1.54) is 11.9 Å². The Morgan fingerprint density at radius 3 is 2.56 bits per heavy atom. The van der Waals surface area contributed by atoms with Crippen LogP contribution < -0.4 is 10.6 Å². The van der Waals surface area contributed by atoms with Crippen molar-refractivity contribution in [3.05, 3.63) is 76.7 Å². The first-order valence-electron chi connectivity index (χ1n) is 7.76. The second kappa shape index (κ2) is 7.32. The Kier molecular flexibility index (Phi) is 4.95. The zero-order chi connectivity index (χ0) is 17.8. The van der Waals surface area contributed by atoms with Gasteiger partial charge in [-0.15, -0.1) is 0 Å². The summed E-state index contributed by atoms with van der Waals surface area (Å²) in [7, 11) is 0. The van der Waals surface area contributed by atoms with Crippen molar-refractivity contribution in [1.29, 1.82) is 0 Å². The Morgan fingerprint density at radius 2 is 1.76 bits per heavy atom. The first kappa shape index (κ1) is 16.9. The van der Waals surface area contributed by atoms with Crippen molar-refractivity contribution in [3.63, 3.8) is 0 Å². The van der Waals surface area contributed by atoms with E-state index in [-0.39, 0.29) is 11.6 Å². The SMILES string of the molecule is Cc1cccc(Nc2cc(C(=O)Nc3ccccc3Cl)ncn2)c1C. The molecule has 0 fully saturated rings. The quantitative estimate of drug-likeness (QED) is 0.711. The van der Waals surface area contributed by atoms with Crippen LogP contribution >= 0.6 is 11.6 Å². The third-order valence-corrected chi connectivity index (χ3v) is 4.22. The molecule has 3 rings (SSSR count). The van der Waals surface area contributed by atoms with Crippen molar-refractivity contribution in [2.75, 3.05) is 10.6 Å². The summed E-state index contributed by atoms with van der Waals surface area (Å²) in [6, 6.07) is 14.6. The van der Waals surface area contributed by atoms with Crippen molar-refractivity contribution in [1.82, 2.24) is 9.97 Å². The van der Waals surface area contributed by atoms with E-state index in [1.54, 1.807) is 30.3 Å². The molecule has 0 saturated carbocycles. The lowest BCUT2D eigenvalue weighted by Gasteiger charge is -2.11. The average molecular weight is 353 g/mol. The van der Waals surface area contributed by atoms with Crippen molar-refractivity contribution in [2.24, 2.45) is 0 Å². The lowest BCUT2D eigenvalue weighted by molar-refractivity contribution is 0.102. The molecule has 2 N–H and O–H groups in total. The van der Waals surface area contributed by atoms with E-state index in [0.29, 0.717) is 16.5 Å². The second-order valence-electron chi connectivity index (χ2n) is 5.59. The van der Waals surface area contributed by atoms with Gasteiger partial charge in [0.25, 0.3) is 5.91 Å². The normalized spacial score (nSPS) is 10.4. The molecule has 0 spiro atoms. The van der Waals surface area contributed by atoms with Gasteiger partial charge in [-0.1, -0.05) is 35.9 Å².